The van der Waals surface area contributed by atoms with E-state index in [1.165, 1.54) is 0 Å². The lowest BCUT2D eigenvalue weighted by Gasteiger charge is -2.20. The molecule has 5 nitrogen and oxygen atoms in total. The second-order valence-electron chi connectivity index (χ2n) is 6.77. The van der Waals surface area contributed by atoms with Crippen LogP contribution in [0.5, 0.6) is 0 Å². The molecule has 1 N–H and O–H groups in total. The summed E-state index contributed by atoms with van der Waals surface area (Å²) < 4.78 is 11.1. The Bertz CT molecular complexity index is 723. The number of hydrogen-bond donors (Lipinski definition) is 1. The lowest BCUT2D eigenvalue weighted by Crippen LogP contribution is -2.34. The van der Waals surface area contributed by atoms with Gasteiger partial charge >= 0.3 is 6.09 Å². The number of ether oxygens (including phenoxy) is 2. The van der Waals surface area contributed by atoms with Crippen LogP contribution in [0.4, 0.5) is 4.79 Å². The molecule has 1 amide bonds. The van der Waals surface area contributed by atoms with E-state index < -0.39 is 11.7 Å². The number of alkyl carbamates (subject to hydrolysis) is 1. The first-order valence-corrected chi connectivity index (χ1v) is 8.06. The fourth-order valence-corrected chi connectivity index (χ4v) is 2.76. The van der Waals surface area contributed by atoms with Gasteiger partial charge in [0.2, 0.25) is 0 Å². The predicted octanol–water partition coefficient (Wildman–Crippen LogP) is 3.84. The van der Waals surface area contributed by atoms with E-state index in [2.05, 4.69) is 10.3 Å². The fraction of sp³-hybridized carbons (Fsp3) is 0.368. The maximum absolute atomic E-state index is 11.8. The van der Waals surface area contributed by atoms with Gasteiger partial charge in [-0.3, -0.25) is 4.98 Å². The zero-order valence-corrected chi connectivity index (χ0v) is 14.2. The first-order chi connectivity index (χ1) is 11.4. The van der Waals surface area contributed by atoms with Gasteiger partial charge in [0.1, 0.15) is 11.7 Å². The monoisotopic (exact) mass is 326 g/mol. The van der Waals surface area contributed by atoms with E-state index in [4.69, 9.17) is 9.47 Å². The fourth-order valence-electron chi connectivity index (χ4n) is 2.76. The zero-order valence-electron chi connectivity index (χ0n) is 14.2. The number of carbonyl (C=O) groups is 1. The number of hydrogen-bond acceptors (Lipinski definition) is 4. The van der Waals surface area contributed by atoms with E-state index in [-0.39, 0.29) is 6.10 Å². The molecule has 2 heterocycles. The number of aromatic nitrogens is 1. The average Bonchev–Trinajstić information content (AvgIpc) is 2.95. The van der Waals surface area contributed by atoms with Crippen LogP contribution < -0.4 is 5.32 Å². The molecule has 5 heteroatoms. The van der Waals surface area contributed by atoms with Gasteiger partial charge in [-0.25, -0.2) is 4.79 Å². The van der Waals surface area contributed by atoms with Crippen LogP contribution in [0.15, 0.2) is 42.6 Å². The van der Waals surface area contributed by atoms with Crippen LogP contribution in [0.1, 0.15) is 38.0 Å². The summed E-state index contributed by atoms with van der Waals surface area (Å²) in [6.07, 6.45) is 1.18. The molecule has 1 aromatic heterocycles. The van der Waals surface area contributed by atoms with Crippen molar-refractivity contribution in [3.8, 4) is 11.3 Å². The molecule has 1 aliphatic heterocycles. The molecule has 0 fully saturated rings. The molecule has 126 valence electrons. The van der Waals surface area contributed by atoms with E-state index in [1.807, 2.05) is 57.2 Å². The Morgan fingerprint density at radius 1 is 1.29 bits per heavy atom. The molecule has 0 unspecified atom stereocenters. The van der Waals surface area contributed by atoms with Crippen molar-refractivity contribution in [2.45, 2.75) is 39.1 Å². The van der Waals surface area contributed by atoms with Crippen LogP contribution in [0.25, 0.3) is 11.3 Å². The minimum atomic E-state index is -0.509. The van der Waals surface area contributed by atoms with Gasteiger partial charge in [0.25, 0.3) is 0 Å². The predicted molar refractivity (Wildman–Crippen MR) is 91.4 cm³/mol. The van der Waals surface area contributed by atoms with Crippen LogP contribution in [-0.2, 0) is 16.1 Å². The lowest BCUT2D eigenvalue weighted by atomic mass is 9.97. The Morgan fingerprint density at radius 2 is 2.12 bits per heavy atom. The summed E-state index contributed by atoms with van der Waals surface area (Å²) in [5.41, 5.74) is 3.72. The van der Waals surface area contributed by atoms with E-state index in [0.717, 1.165) is 22.4 Å². The molecule has 1 aromatic carbocycles. The van der Waals surface area contributed by atoms with Crippen molar-refractivity contribution in [3.63, 3.8) is 0 Å². The van der Waals surface area contributed by atoms with E-state index in [1.54, 1.807) is 6.20 Å². The molecular formula is C19H22N2O3. The summed E-state index contributed by atoms with van der Waals surface area (Å²) in [6.45, 7) is 6.42. The molecule has 0 saturated heterocycles. The van der Waals surface area contributed by atoms with Crippen molar-refractivity contribution < 1.29 is 14.3 Å². The maximum Gasteiger partial charge on any atom is 0.407 e. The highest BCUT2D eigenvalue weighted by molar-refractivity contribution is 5.68. The van der Waals surface area contributed by atoms with Crippen molar-refractivity contribution in [2.75, 3.05) is 6.54 Å². The number of carbonyl (C=O) groups excluding carboxylic acids is 1. The highest BCUT2D eigenvalue weighted by Crippen LogP contribution is 2.36. The summed E-state index contributed by atoms with van der Waals surface area (Å²) in [4.78, 5) is 16.2. The van der Waals surface area contributed by atoms with E-state index in [0.29, 0.717) is 13.2 Å². The highest BCUT2D eigenvalue weighted by Gasteiger charge is 2.27. The summed E-state index contributed by atoms with van der Waals surface area (Å²) in [6, 6.07) is 11.9. The summed E-state index contributed by atoms with van der Waals surface area (Å²) in [7, 11) is 0. The van der Waals surface area contributed by atoms with Crippen LogP contribution in [-0.4, -0.2) is 23.2 Å². The molecule has 3 rings (SSSR count). The number of benzene rings is 1. The molecule has 0 bridgehead atoms. The van der Waals surface area contributed by atoms with Crippen molar-refractivity contribution in [1.29, 1.82) is 0 Å². The maximum atomic E-state index is 11.8. The number of amides is 1. The third kappa shape index (κ3) is 3.74. The molecule has 1 atom stereocenters. The minimum absolute atomic E-state index is 0.170. The lowest BCUT2D eigenvalue weighted by molar-refractivity contribution is 0.0395. The van der Waals surface area contributed by atoms with Crippen molar-refractivity contribution in [1.82, 2.24) is 10.3 Å². The molecule has 0 saturated carbocycles. The normalized spacial score (nSPS) is 16.5. The minimum Gasteiger partial charge on any atom is -0.444 e. The first-order valence-electron chi connectivity index (χ1n) is 8.06. The molecule has 0 aliphatic carbocycles. The third-order valence-corrected chi connectivity index (χ3v) is 3.76. The summed E-state index contributed by atoms with van der Waals surface area (Å²) in [5, 5.41) is 2.78. The van der Waals surface area contributed by atoms with Gasteiger partial charge < -0.3 is 14.8 Å². The Labute approximate surface area is 142 Å². The standard InChI is InChI=1S/C19H22N2O3/c1-19(2,3)24-18(22)21-11-17-14-8-6-7-13(15(14)12-23-17)16-9-4-5-10-20-16/h4-10,17H,11-12H2,1-3H3,(H,21,22)/t17-/m0/s1. The van der Waals surface area contributed by atoms with Crippen LogP contribution in [0, 0.1) is 0 Å². The topological polar surface area (TPSA) is 60.5 Å². The number of nitrogens with zero attached hydrogens (tertiary/aromatic N) is 1. The van der Waals surface area contributed by atoms with Crippen LogP contribution in [0.2, 0.25) is 0 Å². The smallest absolute Gasteiger partial charge is 0.407 e. The van der Waals surface area contributed by atoms with Gasteiger partial charge in [-0.1, -0.05) is 24.3 Å². The van der Waals surface area contributed by atoms with Gasteiger partial charge in [0, 0.05) is 11.8 Å². The number of rotatable bonds is 3. The summed E-state index contributed by atoms with van der Waals surface area (Å²) in [5.74, 6) is 0. The number of fused-ring (bicyclic) bond motifs is 1. The molecule has 2 aromatic rings. The van der Waals surface area contributed by atoms with Gasteiger partial charge in [0.05, 0.1) is 18.8 Å². The highest BCUT2D eigenvalue weighted by atomic mass is 16.6. The quantitative estimate of drug-likeness (QED) is 0.931. The Balaban J connectivity index is 1.73. The average molecular weight is 326 g/mol. The van der Waals surface area contributed by atoms with Crippen molar-refractivity contribution in [2.24, 2.45) is 0 Å². The van der Waals surface area contributed by atoms with Gasteiger partial charge in [0.15, 0.2) is 0 Å². The largest absolute Gasteiger partial charge is 0.444 e. The molecule has 1 aliphatic rings. The van der Waals surface area contributed by atoms with E-state index in [9.17, 15) is 4.79 Å². The molecule has 0 radical (unpaired) electrons. The van der Waals surface area contributed by atoms with Crippen molar-refractivity contribution >= 4 is 6.09 Å². The first kappa shape index (κ1) is 16.5. The second-order valence-corrected chi connectivity index (χ2v) is 6.77. The Morgan fingerprint density at radius 3 is 2.83 bits per heavy atom. The molecular weight excluding hydrogens is 304 g/mol. The van der Waals surface area contributed by atoms with E-state index >= 15 is 0 Å². The SMILES string of the molecule is CC(C)(C)OC(=O)NC[C@@H]1OCc2c(-c3ccccn3)cccc21. The molecule has 24 heavy (non-hydrogen) atoms. The van der Waals surface area contributed by atoms with Crippen molar-refractivity contribution in [3.05, 3.63) is 53.7 Å². The van der Waals surface area contributed by atoms with Gasteiger partial charge in [-0.15, -0.1) is 0 Å². The Kier molecular flexibility index (Phi) is 4.53. The van der Waals surface area contributed by atoms with Gasteiger partial charge in [-0.05, 0) is 44.0 Å². The zero-order chi connectivity index (χ0) is 17.2. The second kappa shape index (κ2) is 6.61. The van der Waals surface area contributed by atoms with Crippen LogP contribution >= 0.6 is 0 Å². The third-order valence-electron chi connectivity index (χ3n) is 3.76. The Hall–Kier alpha value is -2.40. The number of pyridine rings is 1. The van der Waals surface area contributed by atoms with Crippen LogP contribution in [0.3, 0.4) is 0 Å². The summed E-state index contributed by atoms with van der Waals surface area (Å²) >= 11 is 0. The molecule has 0 spiro atoms. The van der Waals surface area contributed by atoms with Gasteiger partial charge in [-0.2, -0.15) is 0 Å². The number of nitrogens with one attached hydrogen (secondary N) is 1.